The lowest BCUT2D eigenvalue weighted by Crippen LogP contribution is -2.39. The Kier molecular flexibility index (Phi) is 4.98. The van der Waals surface area contributed by atoms with Gasteiger partial charge in [-0.1, -0.05) is 30.3 Å². The maximum absolute atomic E-state index is 5.85. The van der Waals surface area contributed by atoms with Crippen molar-refractivity contribution in [2.75, 3.05) is 39.5 Å². The van der Waals surface area contributed by atoms with Crippen LogP contribution in [0.15, 0.2) is 30.3 Å². The van der Waals surface area contributed by atoms with E-state index in [0.717, 1.165) is 39.5 Å². The Hall–Kier alpha value is -0.900. The van der Waals surface area contributed by atoms with E-state index in [1.165, 1.54) is 5.56 Å². The van der Waals surface area contributed by atoms with Crippen LogP contribution in [-0.4, -0.2) is 44.4 Å². The van der Waals surface area contributed by atoms with Gasteiger partial charge in [0.1, 0.15) is 0 Å². The molecule has 0 aliphatic carbocycles. The average molecular weight is 235 g/mol. The molecule has 1 atom stereocenters. The van der Waals surface area contributed by atoms with Crippen molar-refractivity contribution in [1.82, 2.24) is 4.90 Å². The first kappa shape index (κ1) is 12.6. The second kappa shape index (κ2) is 6.74. The van der Waals surface area contributed by atoms with Crippen LogP contribution in [0, 0.1) is 0 Å². The standard InChI is InChI=1S/C14H21NO2/c1-2-17-14(13-6-4-3-5-7-13)12-15-8-10-16-11-9-15/h3-7,14H,2,8-12H2,1H3. The number of rotatable bonds is 5. The monoisotopic (exact) mass is 235 g/mol. The predicted molar refractivity (Wildman–Crippen MR) is 68.1 cm³/mol. The van der Waals surface area contributed by atoms with E-state index in [1.807, 2.05) is 6.07 Å². The fraction of sp³-hybridized carbons (Fsp3) is 0.571. The first-order chi connectivity index (χ1) is 8.40. The molecule has 0 spiro atoms. The molecule has 2 rings (SSSR count). The average Bonchev–Trinajstić information content (AvgIpc) is 2.40. The highest BCUT2D eigenvalue weighted by atomic mass is 16.5. The highest BCUT2D eigenvalue weighted by molar-refractivity contribution is 5.18. The minimum absolute atomic E-state index is 0.180. The van der Waals surface area contributed by atoms with E-state index >= 15 is 0 Å². The van der Waals surface area contributed by atoms with Crippen LogP contribution in [0.2, 0.25) is 0 Å². The van der Waals surface area contributed by atoms with Crippen molar-refractivity contribution in [2.24, 2.45) is 0 Å². The summed E-state index contributed by atoms with van der Waals surface area (Å²) in [5, 5.41) is 0. The van der Waals surface area contributed by atoms with Gasteiger partial charge in [-0.2, -0.15) is 0 Å². The van der Waals surface area contributed by atoms with Gasteiger partial charge in [-0.05, 0) is 12.5 Å². The van der Waals surface area contributed by atoms with E-state index < -0.39 is 0 Å². The van der Waals surface area contributed by atoms with Crippen LogP contribution < -0.4 is 0 Å². The summed E-state index contributed by atoms with van der Waals surface area (Å²) in [5.41, 5.74) is 1.26. The van der Waals surface area contributed by atoms with Crippen LogP contribution in [0.5, 0.6) is 0 Å². The summed E-state index contributed by atoms with van der Waals surface area (Å²) >= 11 is 0. The van der Waals surface area contributed by atoms with Gasteiger partial charge in [0.2, 0.25) is 0 Å². The molecule has 1 fully saturated rings. The zero-order chi connectivity index (χ0) is 11.9. The van der Waals surface area contributed by atoms with Crippen LogP contribution in [0.1, 0.15) is 18.6 Å². The lowest BCUT2D eigenvalue weighted by Gasteiger charge is -2.30. The zero-order valence-corrected chi connectivity index (χ0v) is 10.5. The Morgan fingerprint density at radius 2 is 1.94 bits per heavy atom. The number of ether oxygens (including phenoxy) is 2. The molecule has 0 aromatic heterocycles. The van der Waals surface area contributed by atoms with Gasteiger partial charge < -0.3 is 9.47 Å². The second-order valence-electron chi connectivity index (χ2n) is 4.27. The number of benzene rings is 1. The minimum atomic E-state index is 0.180. The van der Waals surface area contributed by atoms with Gasteiger partial charge in [-0.15, -0.1) is 0 Å². The van der Waals surface area contributed by atoms with E-state index in [4.69, 9.17) is 9.47 Å². The van der Waals surface area contributed by atoms with Crippen molar-refractivity contribution in [3.05, 3.63) is 35.9 Å². The van der Waals surface area contributed by atoms with Crippen LogP contribution in [0.4, 0.5) is 0 Å². The van der Waals surface area contributed by atoms with E-state index in [0.29, 0.717) is 0 Å². The third-order valence-corrected chi connectivity index (χ3v) is 3.07. The van der Waals surface area contributed by atoms with Gasteiger partial charge >= 0.3 is 0 Å². The molecular weight excluding hydrogens is 214 g/mol. The first-order valence-corrected chi connectivity index (χ1v) is 6.37. The number of hydrogen-bond acceptors (Lipinski definition) is 3. The smallest absolute Gasteiger partial charge is 0.0951 e. The Balaban J connectivity index is 1.96. The summed E-state index contributed by atoms with van der Waals surface area (Å²) in [7, 11) is 0. The lowest BCUT2D eigenvalue weighted by atomic mass is 10.1. The number of morpholine rings is 1. The van der Waals surface area contributed by atoms with E-state index in [-0.39, 0.29) is 6.10 Å². The number of nitrogens with zero attached hydrogens (tertiary/aromatic N) is 1. The molecule has 1 unspecified atom stereocenters. The Labute approximate surface area is 103 Å². The topological polar surface area (TPSA) is 21.7 Å². The molecular formula is C14H21NO2. The Morgan fingerprint density at radius 3 is 2.59 bits per heavy atom. The summed E-state index contributed by atoms with van der Waals surface area (Å²) < 4.78 is 11.2. The van der Waals surface area contributed by atoms with Crippen molar-refractivity contribution in [3.8, 4) is 0 Å². The third kappa shape index (κ3) is 3.80. The summed E-state index contributed by atoms with van der Waals surface area (Å²) in [5.74, 6) is 0. The normalized spacial score (nSPS) is 19.1. The van der Waals surface area contributed by atoms with E-state index in [9.17, 15) is 0 Å². The van der Waals surface area contributed by atoms with Crippen molar-refractivity contribution >= 4 is 0 Å². The van der Waals surface area contributed by atoms with Crippen molar-refractivity contribution in [2.45, 2.75) is 13.0 Å². The summed E-state index contributed by atoms with van der Waals surface area (Å²) in [6.07, 6.45) is 0.180. The SMILES string of the molecule is CCOC(CN1CCOCC1)c1ccccc1. The fourth-order valence-corrected chi connectivity index (χ4v) is 2.14. The molecule has 3 nitrogen and oxygen atoms in total. The summed E-state index contributed by atoms with van der Waals surface area (Å²) in [6, 6.07) is 10.5. The molecule has 1 aromatic rings. The Morgan fingerprint density at radius 1 is 1.24 bits per heavy atom. The molecule has 3 heteroatoms. The van der Waals surface area contributed by atoms with Gasteiger partial charge in [-0.25, -0.2) is 0 Å². The molecule has 0 radical (unpaired) electrons. The van der Waals surface area contributed by atoms with Crippen molar-refractivity contribution < 1.29 is 9.47 Å². The lowest BCUT2D eigenvalue weighted by molar-refractivity contribution is -0.00967. The molecule has 1 aromatic carbocycles. The van der Waals surface area contributed by atoms with E-state index in [1.54, 1.807) is 0 Å². The molecule has 0 saturated carbocycles. The number of hydrogen-bond donors (Lipinski definition) is 0. The molecule has 1 aliphatic heterocycles. The van der Waals surface area contributed by atoms with Crippen LogP contribution in [-0.2, 0) is 9.47 Å². The molecule has 1 aliphatic rings. The molecule has 0 amide bonds. The van der Waals surface area contributed by atoms with Gasteiger partial charge in [-0.3, -0.25) is 4.90 Å². The predicted octanol–water partition coefficient (Wildman–Crippen LogP) is 2.10. The second-order valence-corrected chi connectivity index (χ2v) is 4.27. The molecule has 1 heterocycles. The van der Waals surface area contributed by atoms with E-state index in [2.05, 4.69) is 36.1 Å². The Bertz CT molecular complexity index is 309. The van der Waals surface area contributed by atoms with Gasteiger partial charge in [0.05, 0.1) is 19.3 Å². The maximum atomic E-state index is 5.85. The first-order valence-electron chi connectivity index (χ1n) is 6.37. The molecule has 0 bridgehead atoms. The minimum Gasteiger partial charge on any atom is -0.379 e. The highest BCUT2D eigenvalue weighted by Crippen LogP contribution is 2.19. The zero-order valence-electron chi connectivity index (χ0n) is 10.5. The van der Waals surface area contributed by atoms with Crippen LogP contribution >= 0.6 is 0 Å². The summed E-state index contributed by atoms with van der Waals surface area (Å²) in [4.78, 5) is 2.41. The third-order valence-electron chi connectivity index (χ3n) is 3.07. The molecule has 0 N–H and O–H groups in total. The van der Waals surface area contributed by atoms with Gasteiger partial charge in [0.15, 0.2) is 0 Å². The van der Waals surface area contributed by atoms with Crippen molar-refractivity contribution in [1.29, 1.82) is 0 Å². The fourth-order valence-electron chi connectivity index (χ4n) is 2.14. The molecule has 17 heavy (non-hydrogen) atoms. The van der Waals surface area contributed by atoms with Crippen molar-refractivity contribution in [3.63, 3.8) is 0 Å². The highest BCUT2D eigenvalue weighted by Gasteiger charge is 2.18. The summed E-state index contributed by atoms with van der Waals surface area (Å²) in [6.45, 7) is 7.47. The van der Waals surface area contributed by atoms with Gasteiger partial charge in [0, 0.05) is 26.2 Å². The van der Waals surface area contributed by atoms with Crippen LogP contribution in [0.25, 0.3) is 0 Å². The molecule has 1 saturated heterocycles. The maximum Gasteiger partial charge on any atom is 0.0951 e. The quantitative estimate of drug-likeness (QED) is 0.780. The largest absolute Gasteiger partial charge is 0.379 e. The molecule has 94 valence electrons. The van der Waals surface area contributed by atoms with Crippen LogP contribution in [0.3, 0.4) is 0 Å². The van der Waals surface area contributed by atoms with Gasteiger partial charge in [0.25, 0.3) is 0 Å².